The van der Waals surface area contributed by atoms with Gasteiger partial charge in [0, 0.05) is 13.7 Å². The van der Waals surface area contributed by atoms with E-state index in [4.69, 9.17) is 10.5 Å². The van der Waals surface area contributed by atoms with Gasteiger partial charge in [0.05, 0.1) is 5.60 Å². The van der Waals surface area contributed by atoms with Crippen LogP contribution in [0.5, 0.6) is 0 Å². The number of hydrogen-bond acceptors (Lipinski definition) is 2. The van der Waals surface area contributed by atoms with Gasteiger partial charge in [-0.15, -0.1) is 12.4 Å². The van der Waals surface area contributed by atoms with E-state index in [1.165, 1.54) is 6.42 Å². The summed E-state index contributed by atoms with van der Waals surface area (Å²) in [6.45, 7) is 5.25. The minimum Gasteiger partial charge on any atom is -0.377 e. The van der Waals surface area contributed by atoms with Crippen LogP contribution in [0.15, 0.2) is 0 Å². The summed E-state index contributed by atoms with van der Waals surface area (Å²) in [5.74, 6) is 1.52. The minimum atomic E-state index is -0.0168. The van der Waals surface area contributed by atoms with Crippen molar-refractivity contribution in [2.75, 3.05) is 13.7 Å². The molecule has 0 heterocycles. The second-order valence-electron chi connectivity index (χ2n) is 4.45. The molecule has 0 bridgehead atoms. The van der Waals surface area contributed by atoms with Crippen molar-refractivity contribution in [3.8, 4) is 0 Å². The molecule has 1 rings (SSSR count). The van der Waals surface area contributed by atoms with E-state index < -0.39 is 0 Å². The summed E-state index contributed by atoms with van der Waals surface area (Å²) in [7, 11) is 1.79. The van der Waals surface area contributed by atoms with Gasteiger partial charge in [-0.05, 0) is 31.1 Å². The molecule has 0 aromatic rings. The van der Waals surface area contributed by atoms with E-state index in [9.17, 15) is 0 Å². The van der Waals surface area contributed by atoms with Crippen molar-refractivity contribution in [3.05, 3.63) is 0 Å². The summed E-state index contributed by atoms with van der Waals surface area (Å²) in [5.41, 5.74) is 5.73. The first-order chi connectivity index (χ1) is 5.62. The molecule has 13 heavy (non-hydrogen) atoms. The van der Waals surface area contributed by atoms with Gasteiger partial charge in [-0.25, -0.2) is 0 Å². The van der Waals surface area contributed by atoms with Crippen LogP contribution in [0.25, 0.3) is 0 Å². The van der Waals surface area contributed by atoms with Crippen molar-refractivity contribution in [1.82, 2.24) is 0 Å². The molecule has 2 atom stereocenters. The maximum Gasteiger partial charge on any atom is 0.0805 e. The summed E-state index contributed by atoms with van der Waals surface area (Å²) in [5, 5.41) is 0. The molecule has 1 aliphatic carbocycles. The van der Waals surface area contributed by atoms with Crippen molar-refractivity contribution in [3.63, 3.8) is 0 Å². The van der Waals surface area contributed by atoms with Crippen molar-refractivity contribution in [2.24, 2.45) is 17.6 Å². The fourth-order valence-corrected chi connectivity index (χ4v) is 2.62. The fraction of sp³-hybridized carbons (Fsp3) is 1.00. The number of nitrogens with two attached hydrogens (primary N) is 1. The highest BCUT2D eigenvalue weighted by atomic mass is 35.5. The first-order valence-corrected chi connectivity index (χ1v) is 4.87. The Balaban J connectivity index is 0.00000144. The van der Waals surface area contributed by atoms with Gasteiger partial charge in [0.15, 0.2) is 0 Å². The van der Waals surface area contributed by atoms with Crippen molar-refractivity contribution in [1.29, 1.82) is 0 Å². The zero-order chi connectivity index (χ0) is 9.19. The normalized spacial score (nSPS) is 39.7. The number of ether oxygens (including phenoxy) is 1. The molecular formula is C10H22ClNO. The van der Waals surface area contributed by atoms with E-state index in [1.54, 1.807) is 7.11 Å². The van der Waals surface area contributed by atoms with Gasteiger partial charge in [0.25, 0.3) is 0 Å². The lowest BCUT2D eigenvalue weighted by atomic mass is 9.73. The largest absolute Gasteiger partial charge is 0.377 e. The molecule has 0 spiro atoms. The molecule has 2 unspecified atom stereocenters. The zero-order valence-electron chi connectivity index (χ0n) is 8.88. The zero-order valence-corrected chi connectivity index (χ0v) is 9.69. The first kappa shape index (κ1) is 13.2. The van der Waals surface area contributed by atoms with Crippen LogP contribution in [0.2, 0.25) is 0 Å². The van der Waals surface area contributed by atoms with E-state index in [1.807, 2.05) is 0 Å². The minimum absolute atomic E-state index is 0. The van der Waals surface area contributed by atoms with Crippen molar-refractivity contribution < 1.29 is 4.74 Å². The third-order valence-electron chi connectivity index (χ3n) is 3.05. The quantitative estimate of drug-likeness (QED) is 0.754. The van der Waals surface area contributed by atoms with Gasteiger partial charge in [-0.1, -0.05) is 13.8 Å². The molecular weight excluding hydrogens is 186 g/mol. The molecule has 1 aliphatic rings. The van der Waals surface area contributed by atoms with Gasteiger partial charge in [0.1, 0.15) is 0 Å². The highest BCUT2D eigenvalue weighted by Crippen LogP contribution is 2.37. The van der Waals surface area contributed by atoms with Crippen LogP contribution < -0.4 is 5.73 Å². The molecule has 0 radical (unpaired) electrons. The third kappa shape index (κ3) is 3.12. The lowest BCUT2D eigenvalue weighted by Crippen LogP contribution is -2.45. The fourth-order valence-electron chi connectivity index (χ4n) is 2.62. The Morgan fingerprint density at radius 1 is 1.31 bits per heavy atom. The SMILES string of the molecule is COC1(CN)CC(C)CC(C)C1.Cl. The molecule has 0 aromatic carbocycles. The molecule has 3 heteroatoms. The standard InChI is InChI=1S/C10H21NO.ClH/c1-8-4-9(2)6-10(5-8,7-11)12-3;/h8-9H,4-7,11H2,1-3H3;1H. The van der Waals surface area contributed by atoms with Crippen molar-refractivity contribution in [2.45, 2.75) is 38.7 Å². The average Bonchev–Trinajstić information content (AvgIpc) is 2.02. The predicted octanol–water partition coefficient (Wildman–Crippen LogP) is 2.21. The summed E-state index contributed by atoms with van der Waals surface area (Å²) in [6.07, 6.45) is 3.58. The number of hydrogen-bond donors (Lipinski definition) is 1. The van der Waals surface area contributed by atoms with E-state index >= 15 is 0 Å². The number of halogens is 1. The average molecular weight is 208 g/mol. The number of methoxy groups -OCH3 is 1. The maximum absolute atomic E-state index is 5.75. The first-order valence-electron chi connectivity index (χ1n) is 4.87. The van der Waals surface area contributed by atoms with Crippen LogP contribution in [0.4, 0.5) is 0 Å². The molecule has 0 aliphatic heterocycles. The van der Waals surface area contributed by atoms with Crippen LogP contribution >= 0.6 is 12.4 Å². The summed E-state index contributed by atoms with van der Waals surface area (Å²) >= 11 is 0. The van der Waals surface area contributed by atoms with E-state index in [0.29, 0.717) is 6.54 Å². The molecule has 0 aromatic heterocycles. The Bertz CT molecular complexity index is 136. The Hall–Kier alpha value is 0.210. The Kier molecular flexibility index (Phi) is 5.26. The van der Waals surface area contributed by atoms with Gasteiger partial charge in [-0.2, -0.15) is 0 Å². The molecule has 0 saturated heterocycles. The van der Waals surface area contributed by atoms with Crippen LogP contribution in [0.3, 0.4) is 0 Å². The Labute approximate surface area is 87.6 Å². The van der Waals surface area contributed by atoms with Gasteiger partial charge in [0.2, 0.25) is 0 Å². The van der Waals surface area contributed by atoms with Crippen LogP contribution in [-0.2, 0) is 4.74 Å². The highest BCUT2D eigenvalue weighted by Gasteiger charge is 2.36. The lowest BCUT2D eigenvalue weighted by Gasteiger charge is -2.41. The molecule has 0 amide bonds. The van der Waals surface area contributed by atoms with E-state index in [2.05, 4.69) is 13.8 Å². The monoisotopic (exact) mass is 207 g/mol. The smallest absolute Gasteiger partial charge is 0.0805 e. The van der Waals surface area contributed by atoms with E-state index in [0.717, 1.165) is 24.7 Å². The van der Waals surface area contributed by atoms with Crippen LogP contribution in [-0.4, -0.2) is 19.3 Å². The topological polar surface area (TPSA) is 35.2 Å². The Morgan fingerprint density at radius 3 is 2.08 bits per heavy atom. The molecule has 2 N–H and O–H groups in total. The summed E-state index contributed by atoms with van der Waals surface area (Å²) in [4.78, 5) is 0. The lowest BCUT2D eigenvalue weighted by molar-refractivity contribution is -0.0592. The van der Waals surface area contributed by atoms with Gasteiger partial charge < -0.3 is 10.5 Å². The molecule has 80 valence electrons. The highest BCUT2D eigenvalue weighted by molar-refractivity contribution is 5.85. The predicted molar refractivity (Wildman–Crippen MR) is 58.2 cm³/mol. The van der Waals surface area contributed by atoms with Gasteiger partial charge >= 0.3 is 0 Å². The van der Waals surface area contributed by atoms with E-state index in [-0.39, 0.29) is 18.0 Å². The number of rotatable bonds is 2. The maximum atomic E-state index is 5.75. The van der Waals surface area contributed by atoms with Crippen LogP contribution in [0.1, 0.15) is 33.1 Å². The molecule has 2 nitrogen and oxygen atoms in total. The van der Waals surface area contributed by atoms with Crippen molar-refractivity contribution >= 4 is 12.4 Å². The van der Waals surface area contributed by atoms with Crippen LogP contribution in [0, 0.1) is 11.8 Å². The third-order valence-corrected chi connectivity index (χ3v) is 3.05. The van der Waals surface area contributed by atoms with Gasteiger partial charge in [-0.3, -0.25) is 0 Å². The second kappa shape index (κ2) is 5.18. The molecule has 1 saturated carbocycles. The molecule has 1 fully saturated rings. The summed E-state index contributed by atoms with van der Waals surface area (Å²) in [6, 6.07) is 0. The second-order valence-corrected chi connectivity index (χ2v) is 4.45. The summed E-state index contributed by atoms with van der Waals surface area (Å²) < 4.78 is 5.54. The Morgan fingerprint density at radius 2 is 1.77 bits per heavy atom.